The van der Waals surface area contributed by atoms with Gasteiger partial charge in [-0.1, -0.05) is 12.8 Å². The molecule has 5 heteroatoms. The third kappa shape index (κ3) is 3.43. The lowest BCUT2D eigenvalue weighted by Gasteiger charge is -2.12. The molecule has 0 bridgehead atoms. The fourth-order valence-electron chi connectivity index (χ4n) is 1.99. The number of hydrazine groups is 1. The van der Waals surface area contributed by atoms with E-state index in [9.17, 15) is 4.79 Å². The van der Waals surface area contributed by atoms with Crippen molar-refractivity contribution >= 4 is 5.91 Å². The number of ether oxygens (including phenoxy) is 2. The highest BCUT2D eigenvalue weighted by Gasteiger charge is 2.30. The molecule has 2 fully saturated rings. The number of carbonyl (C=O) groups is 1. The second-order valence-electron chi connectivity index (χ2n) is 4.64. The fraction of sp³-hybridized carbons (Fsp3) is 0.909. The van der Waals surface area contributed by atoms with E-state index in [2.05, 4.69) is 5.43 Å². The van der Waals surface area contributed by atoms with Crippen LogP contribution in [0.3, 0.4) is 0 Å². The number of hydrogen-bond acceptors (Lipinski definition) is 4. The molecule has 1 saturated carbocycles. The van der Waals surface area contributed by atoms with Gasteiger partial charge in [-0.05, 0) is 25.2 Å². The van der Waals surface area contributed by atoms with Crippen molar-refractivity contribution in [1.82, 2.24) is 5.43 Å². The third-order valence-corrected chi connectivity index (χ3v) is 3.21. The van der Waals surface area contributed by atoms with Crippen molar-refractivity contribution in [3.05, 3.63) is 0 Å². The largest absolute Gasteiger partial charge is 0.379 e. The zero-order valence-corrected chi connectivity index (χ0v) is 9.48. The van der Waals surface area contributed by atoms with Crippen LogP contribution >= 0.6 is 0 Å². The Hall–Kier alpha value is -0.650. The zero-order chi connectivity index (χ0) is 11.4. The van der Waals surface area contributed by atoms with E-state index in [0.717, 1.165) is 25.4 Å². The molecule has 2 aliphatic rings. The highest BCUT2D eigenvalue weighted by atomic mass is 16.5. The van der Waals surface area contributed by atoms with Crippen LogP contribution in [0.5, 0.6) is 0 Å². The van der Waals surface area contributed by atoms with Gasteiger partial charge >= 0.3 is 0 Å². The number of carbonyl (C=O) groups excluding carboxylic acids is 1. The first-order valence-electron chi connectivity index (χ1n) is 6.03. The van der Waals surface area contributed by atoms with Crippen LogP contribution in [0.25, 0.3) is 0 Å². The molecule has 2 rings (SSSR count). The summed E-state index contributed by atoms with van der Waals surface area (Å²) in [5.74, 6) is 5.72. The summed E-state index contributed by atoms with van der Waals surface area (Å²) in [5, 5.41) is 0. The minimum atomic E-state index is -0.387. The van der Waals surface area contributed by atoms with Crippen LogP contribution < -0.4 is 11.3 Å². The second kappa shape index (κ2) is 5.61. The maximum Gasteiger partial charge on any atom is 0.263 e. The van der Waals surface area contributed by atoms with Crippen molar-refractivity contribution in [1.29, 1.82) is 0 Å². The van der Waals surface area contributed by atoms with Crippen molar-refractivity contribution < 1.29 is 14.3 Å². The number of nitrogens with two attached hydrogens (primary N) is 1. The smallest absolute Gasteiger partial charge is 0.263 e. The number of nitrogens with one attached hydrogen (secondary N) is 1. The van der Waals surface area contributed by atoms with Gasteiger partial charge in [-0.25, -0.2) is 5.84 Å². The minimum absolute atomic E-state index is 0.0569. The van der Waals surface area contributed by atoms with E-state index in [4.69, 9.17) is 15.3 Å². The molecule has 0 spiro atoms. The number of amides is 1. The molecule has 1 amide bonds. The molecule has 0 aromatic rings. The van der Waals surface area contributed by atoms with Gasteiger partial charge in [0.2, 0.25) is 0 Å². The van der Waals surface area contributed by atoms with Gasteiger partial charge in [0.25, 0.3) is 5.91 Å². The normalized spacial score (nSPS) is 29.3. The fourth-order valence-corrected chi connectivity index (χ4v) is 1.99. The van der Waals surface area contributed by atoms with Crippen molar-refractivity contribution in [3.63, 3.8) is 0 Å². The third-order valence-electron chi connectivity index (χ3n) is 3.21. The van der Waals surface area contributed by atoms with Gasteiger partial charge in [0.1, 0.15) is 6.10 Å². The van der Waals surface area contributed by atoms with Gasteiger partial charge in [-0.2, -0.15) is 0 Å². The Kier molecular flexibility index (Phi) is 4.15. The van der Waals surface area contributed by atoms with Crippen molar-refractivity contribution in [2.24, 2.45) is 11.8 Å². The SMILES string of the molecule is NNC(=O)C1CCC(COCCC2CC2)O1. The Labute approximate surface area is 95.6 Å². The van der Waals surface area contributed by atoms with Gasteiger partial charge < -0.3 is 9.47 Å². The average molecular weight is 228 g/mol. The van der Waals surface area contributed by atoms with Crippen LogP contribution in [-0.4, -0.2) is 31.3 Å². The van der Waals surface area contributed by atoms with Gasteiger partial charge in [0.05, 0.1) is 12.7 Å². The molecule has 2 unspecified atom stereocenters. The van der Waals surface area contributed by atoms with Gasteiger partial charge in [0, 0.05) is 6.61 Å². The quantitative estimate of drug-likeness (QED) is 0.297. The van der Waals surface area contributed by atoms with Gasteiger partial charge in [0.15, 0.2) is 0 Å². The topological polar surface area (TPSA) is 73.6 Å². The maximum absolute atomic E-state index is 11.2. The average Bonchev–Trinajstić information content (AvgIpc) is 3.01. The molecule has 1 aliphatic heterocycles. The molecule has 0 radical (unpaired) electrons. The lowest BCUT2D eigenvalue weighted by atomic mass is 10.2. The predicted molar refractivity (Wildman–Crippen MR) is 58.4 cm³/mol. The molecule has 1 heterocycles. The second-order valence-corrected chi connectivity index (χ2v) is 4.64. The molecule has 2 atom stereocenters. The molecule has 1 saturated heterocycles. The lowest BCUT2D eigenvalue weighted by Crippen LogP contribution is -2.39. The molecule has 5 nitrogen and oxygen atoms in total. The van der Waals surface area contributed by atoms with Crippen molar-refractivity contribution in [2.45, 2.75) is 44.3 Å². The van der Waals surface area contributed by atoms with Crippen LogP contribution in [0.15, 0.2) is 0 Å². The van der Waals surface area contributed by atoms with Crippen molar-refractivity contribution in [3.8, 4) is 0 Å². The summed E-state index contributed by atoms with van der Waals surface area (Å²) in [6.07, 6.45) is 5.17. The van der Waals surface area contributed by atoms with Crippen LogP contribution in [-0.2, 0) is 14.3 Å². The standard InChI is InChI=1S/C11H20N2O3/c12-13-11(14)10-4-3-9(16-10)7-15-6-5-8-1-2-8/h8-10H,1-7,12H2,(H,13,14). The molecule has 0 aromatic carbocycles. The summed E-state index contributed by atoms with van der Waals surface area (Å²) in [6.45, 7) is 1.42. The number of hydrogen-bond donors (Lipinski definition) is 2. The van der Waals surface area contributed by atoms with E-state index < -0.39 is 0 Å². The predicted octanol–water partition coefficient (Wildman–Crippen LogP) is 0.341. The Morgan fingerprint density at radius 2 is 2.19 bits per heavy atom. The van der Waals surface area contributed by atoms with Crippen LogP contribution in [0, 0.1) is 5.92 Å². The zero-order valence-electron chi connectivity index (χ0n) is 9.48. The molecular formula is C11H20N2O3. The summed E-state index contributed by atoms with van der Waals surface area (Å²) in [4.78, 5) is 11.2. The Balaban J connectivity index is 1.55. The summed E-state index contributed by atoms with van der Waals surface area (Å²) in [7, 11) is 0. The molecule has 16 heavy (non-hydrogen) atoms. The molecule has 1 aliphatic carbocycles. The van der Waals surface area contributed by atoms with Crippen LogP contribution in [0.2, 0.25) is 0 Å². The lowest BCUT2D eigenvalue weighted by molar-refractivity contribution is -0.133. The van der Waals surface area contributed by atoms with E-state index >= 15 is 0 Å². The maximum atomic E-state index is 11.2. The van der Waals surface area contributed by atoms with E-state index in [0.29, 0.717) is 6.61 Å². The summed E-state index contributed by atoms with van der Waals surface area (Å²) in [5.41, 5.74) is 2.11. The molecule has 0 aromatic heterocycles. The summed E-state index contributed by atoms with van der Waals surface area (Å²) in [6, 6.07) is 0. The van der Waals surface area contributed by atoms with Crippen molar-refractivity contribution in [2.75, 3.05) is 13.2 Å². The minimum Gasteiger partial charge on any atom is -0.379 e. The highest BCUT2D eigenvalue weighted by molar-refractivity contribution is 5.80. The Morgan fingerprint density at radius 1 is 1.38 bits per heavy atom. The Morgan fingerprint density at radius 3 is 2.88 bits per heavy atom. The van der Waals surface area contributed by atoms with Crippen LogP contribution in [0.4, 0.5) is 0 Å². The van der Waals surface area contributed by atoms with E-state index in [1.165, 1.54) is 19.3 Å². The molecule has 92 valence electrons. The van der Waals surface area contributed by atoms with E-state index in [1.54, 1.807) is 0 Å². The highest BCUT2D eigenvalue weighted by Crippen LogP contribution is 2.32. The molecular weight excluding hydrogens is 208 g/mol. The van der Waals surface area contributed by atoms with Crippen LogP contribution in [0.1, 0.15) is 32.1 Å². The van der Waals surface area contributed by atoms with Gasteiger partial charge in [-0.3, -0.25) is 10.2 Å². The summed E-state index contributed by atoms with van der Waals surface area (Å²) >= 11 is 0. The monoisotopic (exact) mass is 228 g/mol. The van der Waals surface area contributed by atoms with E-state index in [1.807, 2.05) is 0 Å². The molecule has 3 N–H and O–H groups in total. The first-order valence-corrected chi connectivity index (χ1v) is 6.03. The van der Waals surface area contributed by atoms with Gasteiger partial charge in [-0.15, -0.1) is 0 Å². The summed E-state index contributed by atoms with van der Waals surface area (Å²) < 4.78 is 11.1. The van der Waals surface area contributed by atoms with E-state index in [-0.39, 0.29) is 18.1 Å². The first kappa shape index (κ1) is 11.8. The number of rotatable bonds is 6. The first-order chi connectivity index (χ1) is 7.79. The Bertz CT molecular complexity index is 243.